The maximum atomic E-state index is 13.1. The van der Waals surface area contributed by atoms with Crippen LogP contribution in [0.5, 0.6) is 5.75 Å². The quantitative estimate of drug-likeness (QED) is 0.842. The smallest absolute Gasteiger partial charge is 0.237 e. The molecule has 0 spiro atoms. The zero-order valence-electron chi connectivity index (χ0n) is 12.1. The number of thioether (sulfide) groups is 1. The second-order valence-corrected chi connectivity index (χ2v) is 5.97. The van der Waals surface area contributed by atoms with Crippen LogP contribution >= 0.6 is 11.8 Å². The summed E-state index contributed by atoms with van der Waals surface area (Å²) in [7, 11) is 1.58. The number of hydrogen-bond donors (Lipinski definition) is 1. The third-order valence-corrected chi connectivity index (χ3v) is 4.04. The molecule has 116 valence electrons. The van der Waals surface area contributed by atoms with E-state index in [1.54, 1.807) is 14.0 Å². The van der Waals surface area contributed by atoms with Crippen LogP contribution in [-0.2, 0) is 4.79 Å². The molecule has 0 aliphatic carbocycles. The summed E-state index contributed by atoms with van der Waals surface area (Å²) >= 11 is 1.36. The third kappa shape index (κ3) is 4.21. The average molecular weight is 323 g/mol. The number of halogens is 2. The highest BCUT2D eigenvalue weighted by Crippen LogP contribution is 2.26. The van der Waals surface area contributed by atoms with Crippen molar-refractivity contribution in [1.29, 1.82) is 0 Å². The summed E-state index contributed by atoms with van der Waals surface area (Å²) in [5, 5.41) is 2.17. The summed E-state index contributed by atoms with van der Waals surface area (Å²) in [5.74, 6) is -1.48. The molecule has 2 rings (SSSR count). The van der Waals surface area contributed by atoms with Gasteiger partial charge in [-0.25, -0.2) is 8.78 Å². The Kier molecular flexibility index (Phi) is 5.38. The molecule has 1 atom stereocenters. The minimum absolute atomic E-state index is 0.228. The lowest BCUT2D eigenvalue weighted by molar-refractivity contribution is -0.115. The first-order valence-electron chi connectivity index (χ1n) is 6.56. The number of hydrogen-bond acceptors (Lipinski definition) is 3. The largest absolute Gasteiger partial charge is 0.497 e. The standard InChI is InChI=1S/C16H15F2NO2S/c1-10(22-13-6-4-12(21-2)5-7-13)16(20)19-11-3-8-14(17)15(18)9-11/h3-10H,1-2H3,(H,19,20)/t10-/m1/s1. The summed E-state index contributed by atoms with van der Waals surface area (Å²) < 4.78 is 31.0. The van der Waals surface area contributed by atoms with Gasteiger partial charge in [-0.15, -0.1) is 11.8 Å². The summed E-state index contributed by atoms with van der Waals surface area (Å²) in [6.07, 6.45) is 0. The molecule has 0 aliphatic rings. The van der Waals surface area contributed by atoms with E-state index in [-0.39, 0.29) is 16.8 Å². The monoisotopic (exact) mass is 323 g/mol. The Morgan fingerprint density at radius 3 is 2.41 bits per heavy atom. The Bertz CT molecular complexity index is 662. The predicted octanol–water partition coefficient (Wildman–Crippen LogP) is 4.09. The summed E-state index contributed by atoms with van der Waals surface area (Å²) in [4.78, 5) is 13.0. The van der Waals surface area contributed by atoms with Gasteiger partial charge in [-0.1, -0.05) is 0 Å². The summed E-state index contributed by atoms with van der Waals surface area (Å²) in [6, 6.07) is 10.6. The first kappa shape index (κ1) is 16.3. The van der Waals surface area contributed by atoms with Gasteiger partial charge in [0.2, 0.25) is 5.91 Å². The number of methoxy groups -OCH3 is 1. The molecular weight excluding hydrogens is 308 g/mol. The highest BCUT2D eigenvalue weighted by Gasteiger charge is 2.15. The van der Waals surface area contributed by atoms with Crippen molar-refractivity contribution in [2.24, 2.45) is 0 Å². The average Bonchev–Trinajstić information content (AvgIpc) is 2.51. The molecule has 0 radical (unpaired) electrons. The van der Waals surface area contributed by atoms with Gasteiger partial charge in [-0.05, 0) is 43.3 Å². The number of benzene rings is 2. The highest BCUT2D eigenvalue weighted by molar-refractivity contribution is 8.00. The molecule has 1 amide bonds. The van der Waals surface area contributed by atoms with E-state index < -0.39 is 11.6 Å². The molecule has 0 saturated carbocycles. The van der Waals surface area contributed by atoms with Crippen molar-refractivity contribution in [1.82, 2.24) is 0 Å². The zero-order chi connectivity index (χ0) is 16.1. The Balaban J connectivity index is 1.97. The number of amides is 1. The van der Waals surface area contributed by atoms with Gasteiger partial charge in [0.1, 0.15) is 5.75 Å². The lowest BCUT2D eigenvalue weighted by Crippen LogP contribution is -2.22. The molecule has 0 bridgehead atoms. The number of ether oxygens (including phenoxy) is 1. The Morgan fingerprint density at radius 1 is 1.14 bits per heavy atom. The van der Waals surface area contributed by atoms with Crippen LogP contribution in [0.15, 0.2) is 47.4 Å². The third-order valence-electron chi connectivity index (χ3n) is 2.93. The SMILES string of the molecule is COc1ccc(S[C@H](C)C(=O)Nc2ccc(F)c(F)c2)cc1. The second-order valence-electron chi connectivity index (χ2n) is 4.55. The lowest BCUT2D eigenvalue weighted by atomic mass is 10.3. The maximum Gasteiger partial charge on any atom is 0.237 e. The summed E-state index contributed by atoms with van der Waals surface area (Å²) in [6.45, 7) is 1.74. The molecule has 0 unspecified atom stereocenters. The van der Waals surface area contributed by atoms with Crippen LogP contribution in [0, 0.1) is 11.6 Å². The van der Waals surface area contributed by atoms with Gasteiger partial charge in [0.25, 0.3) is 0 Å². The van der Waals surface area contributed by atoms with E-state index in [4.69, 9.17) is 4.74 Å². The first-order valence-corrected chi connectivity index (χ1v) is 7.44. The van der Waals surface area contributed by atoms with Crippen LogP contribution in [0.4, 0.5) is 14.5 Å². The van der Waals surface area contributed by atoms with Crippen molar-refractivity contribution in [2.45, 2.75) is 17.1 Å². The molecular formula is C16H15F2NO2S. The van der Waals surface area contributed by atoms with Gasteiger partial charge in [0.05, 0.1) is 12.4 Å². The first-order chi connectivity index (χ1) is 10.5. The van der Waals surface area contributed by atoms with Gasteiger partial charge >= 0.3 is 0 Å². The number of carbonyl (C=O) groups excluding carboxylic acids is 1. The van der Waals surface area contributed by atoms with Crippen LogP contribution in [-0.4, -0.2) is 18.3 Å². The predicted molar refractivity (Wildman–Crippen MR) is 83.3 cm³/mol. The van der Waals surface area contributed by atoms with Gasteiger partial charge in [-0.3, -0.25) is 4.79 Å². The Hall–Kier alpha value is -2.08. The molecule has 0 fully saturated rings. The van der Waals surface area contributed by atoms with Gasteiger partial charge < -0.3 is 10.1 Å². The van der Waals surface area contributed by atoms with Crippen molar-refractivity contribution in [3.63, 3.8) is 0 Å². The minimum Gasteiger partial charge on any atom is -0.497 e. The van der Waals surface area contributed by atoms with Gasteiger partial charge in [0.15, 0.2) is 11.6 Å². The van der Waals surface area contributed by atoms with Crippen LogP contribution in [0.3, 0.4) is 0 Å². The van der Waals surface area contributed by atoms with Crippen LogP contribution in [0.1, 0.15) is 6.92 Å². The number of anilines is 1. The molecule has 0 heterocycles. The Morgan fingerprint density at radius 2 is 1.82 bits per heavy atom. The number of carbonyl (C=O) groups is 1. The van der Waals surface area contributed by atoms with Crippen molar-refractivity contribution < 1.29 is 18.3 Å². The molecule has 2 aromatic rings. The van der Waals surface area contributed by atoms with Crippen molar-refractivity contribution >= 4 is 23.4 Å². The van der Waals surface area contributed by atoms with Crippen LogP contribution in [0.25, 0.3) is 0 Å². The van der Waals surface area contributed by atoms with Crippen LogP contribution < -0.4 is 10.1 Å². The van der Waals surface area contributed by atoms with E-state index >= 15 is 0 Å². The molecule has 2 aromatic carbocycles. The van der Waals surface area contributed by atoms with Crippen molar-refractivity contribution in [2.75, 3.05) is 12.4 Å². The fourth-order valence-electron chi connectivity index (χ4n) is 1.73. The molecule has 6 heteroatoms. The van der Waals surface area contributed by atoms with E-state index in [1.165, 1.54) is 17.8 Å². The minimum atomic E-state index is -0.992. The lowest BCUT2D eigenvalue weighted by Gasteiger charge is -2.12. The molecule has 0 aliphatic heterocycles. The van der Waals surface area contributed by atoms with E-state index in [0.29, 0.717) is 0 Å². The van der Waals surface area contributed by atoms with Gasteiger partial charge in [0, 0.05) is 16.6 Å². The maximum absolute atomic E-state index is 13.1. The fraction of sp³-hybridized carbons (Fsp3) is 0.188. The van der Waals surface area contributed by atoms with E-state index in [2.05, 4.69) is 5.32 Å². The summed E-state index contributed by atoms with van der Waals surface area (Å²) in [5.41, 5.74) is 0.228. The Labute approximate surface area is 131 Å². The van der Waals surface area contributed by atoms with E-state index in [1.807, 2.05) is 24.3 Å². The second kappa shape index (κ2) is 7.26. The number of nitrogens with one attached hydrogen (secondary N) is 1. The number of rotatable bonds is 5. The van der Waals surface area contributed by atoms with Gasteiger partial charge in [-0.2, -0.15) is 0 Å². The normalized spacial score (nSPS) is 11.8. The van der Waals surface area contributed by atoms with E-state index in [9.17, 15) is 13.6 Å². The molecule has 0 saturated heterocycles. The molecule has 22 heavy (non-hydrogen) atoms. The molecule has 1 N–H and O–H groups in total. The highest BCUT2D eigenvalue weighted by atomic mass is 32.2. The van der Waals surface area contributed by atoms with E-state index in [0.717, 1.165) is 22.8 Å². The van der Waals surface area contributed by atoms with Crippen molar-refractivity contribution in [3.8, 4) is 5.75 Å². The topological polar surface area (TPSA) is 38.3 Å². The van der Waals surface area contributed by atoms with Crippen LogP contribution in [0.2, 0.25) is 0 Å². The molecule has 3 nitrogen and oxygen atoms in total. The molecule has 0 aromatic heterocycles. The fourth-order valence-corrected chi connectivity index (χ4v) is 2.60. The van der Waals surface area contributed by atoms with Crippen molar-refractivity contribution in [3.05, 3.63) is 54.1 Å². The zero-order valence-corrected chi connectivity index (χ0v) is 12.9.